The molecule has 1 nitrogen and oxygen atoms in total. The molecule has 0 amide bonds. The summed E-state index contributed by atoms with van der Waals surface area (Å²) < 4.78 is 0. The summed E-state index contributed by atoms with van der Waals surface area (Å²) in [5, 5.41) is 0. The summed E-state index contributed by atoms with van der Waals surface area (Å²) >= 11 is 0. The highest BCUT2D eigenvalue weighted by Gasteiger charge is 2.27. The number of hydrogen-bond acceptors (Lipinski definition) is 1. The third kappa shape index (κ3) is 4.45. The fourth-order valence-corrected chi connectivity index (χ4v) is 2.41. The molecule has 18 heavy (non-hydrogen) atoms. The first-order chi connectivity index (χ1) is 8.59. The van der Waals surface area contributed by atoms with Crippen LogP contribution in [0.4, 0.5) is 0 Å². The highest BCUT2D eigenvalue weighted by atomic mass is 15.1. The van der Waals surface area contributed by atoms with Crippen molar-refractivity contribution in [1.29, 1.82) is 0 Å². The first-order valence-corrected chi connectivity index (χ1v) is 7.35. The topological polar surface area (TPSA) is 3.24 Å². The fourth-order valence-electron chi connectivity index (χ4n) is 2.41. The van der Waals surface area contributed by atoms with Crippen molar-refractivity contribution in [3.8, 4) is 0 Å². The van der Waals surface area contributed by atoms with Gasteiger partial charge in [-0.2, -0.15) is 0 Å². The van der Waals surface area contributed by atoms with Gasteiger partial charge in [-0.3, -0.25) is 4.90 Å². The molecule has 1 aromatic rings. The third-order valence-corrected chi connectivity index (χ3v) is 4.07. The highest BCUT2D eigenvalue weighted by molar-refractivity contribution is 5.14. The molecule has 0 heterocycles. The molecule has 1 fully saturated rings. The van der Waals surface area contributed by atoms with E-state index in [9.17, 15) is 0 Å². The van der Waals surface area contributed by atoms with Crippen LogP contribution in [0.25, 0.3) is 0 Å². The van der Waals surface area contributed by atoms with E-state index in [1.807, 2.05) is 0 Å². The van der Waals surface area contributed by atoms with Crippen LogP contribution < -0.4 is 0 Å². The largest absolute Gasteiger partial charge is 0.298 e. The van der Waals surface area contributed by atoms with Crippen LogP contribution in [-0.2, 0) is 6.54 Å². The van der Waals surface area contributed by atoms with E-state index in [4.69, 9.17) is 0 Å². The van der Waals surface area contributed by atoms with Crippen LogP contribution >= 0.6 is 0 Å². The molecule has 0 unspecified atom stereocenters. The standard InChI is InChI=1S/C17H27N/c1-4-17(2,3)14-18(13-16-10-11-16)12-15-8-6-5-7-9-15/h5-9,16H,4,10-14H2,1-3H3. The average Bonchev–Trinajstić information content (AvgIpc) is 3.14. The minimum Gasteiger partial charge on any atom is -0.298 e. The highest BCUT2D eigenvalue weighted by Crippen LogP contribution is 2.32. The molecule has 1 aromatic carbocycles. The Balaban J connectivity index is 1.96. The minimum absolute atomic E-state index is 0.434. The van der Waals surface area contributed by atoms with Gasteiger partial charge in [0.2, 0.25) is 0 Å². The monoisotopic (exact) mass is 245 g/mol. The van der Waals surface area contributed by atoms with Gasteiger partial charge in [-0.1, -0.05) is 51.1 Å². The molecule has 0 spiro atoms. The predicted molar refractivity (Wildman–Crippen MR) is 78.5 cm³/mol. The van der Waals surface area contributed by atoms with Crippen molar-refractivity contribution in [2.45, 2.75) is 46.6 Å². The molecule has 0 saturated heterocycles. The lowest BCUT2D eigenvalue weighted by Crippen LogP contribution is -2.35. The van der Waals surface area contributed by atoms with Gasteiger partial charge in [0.05, 0.1) is 0 Å². The molecule has 0 bridgehead atoms. The van der Waals surface area contributed by atoms with E-state index in [-0.39, 0.29) is 0 Å². The Hall–Kier alpha value is -0.820. The van der Waals surface area contributed by atoms with Crippen LogP contribution in [0.1, 0.15) is 45.6 Å². The summed E-state index contributed by atoms with van der Waals surface area (Å²) in [6, 6.07) is 10.9. The molecule has 0 aliphatic heterocycles. The molecular weight excluding hydrogens is 218 g/mol. The van der Waals surface area contributed by atoms with Gasteiger partial charge in [-0.15, -0.1) is 0 Å². The van der Waals surface area contributed by atoms with Crippen molar-refractivity contribution in [3.05, 3.63) is 35.9 Å². The minimum atomic E-state index is 0.434. The zero-order chi connectivity index (χ0) is 13.0. The van der Waals surface area contributed by atoms with Crippen molar-refractivity contribution in [1.82, 2.24) is 4.90 Å². The summed E-state index contributed by atoms with van der Waals surface area (Å²) in [6.07, 6.45) is 4.14. The molecule has 0 N–H and O–H groups in total. The van der Waals surface area contributed by atoms with Crippen LogP contribution in [0, 0.1) is 11.3 Å². The van der Waals surface area contributed by atoms with Crippen molar-refractivity contribution in [3.63, 3.8) is 0 Å². The zero-order valence-electron chi connectivity index (χ0n) is 12.2. The molecule has 0 atom stereocenters. The van der Waals surface area contributed by atoms with E-state index >= 15 is 0 Å². The van der Waals surface area contributed by atoms with E-state index in [1.165, 1.54) is 37.9 Å². The van der Waals surface area contributed by atoms with E-state index in [0.29, 0.717) is 5.41 Å². The van der Waals surface area contributed by atoms with E-state index in [1.54, 1.807) is 0 Å². The molecule has 100 valence electrons. The Labute approximate surface area is 112 Å². The Bertz CT molecular complexity index is 351. The van der Waals surface area contributed by atoms with E-state index < -0.39 is 0 Å². The number of hydrogen-bond donors (Lipinski definition) is 0. The van der Waals surface area contributed by atoms with E-state index in [0.717, 1.165) is 12.5 Å². The predicted octanol–water partition coefficient (Wildman–Crippen LogP) is 4.33. The summed E-state index contributed by atoms with van der Waals surface area (Å²) in [5.41, 5.74) is 1.88. The van der Waals surface area contributed by atoms with Gasteiger partial charge in [0.1, 0.15) is 0 Å². The van der Waals surface area contributed by atoms with Gasteiger partial charge in [-0.25, -0.2) is 0 Å². The van der Waals surface area contributed by atoms with Gasteiger partial charge in [0.15, 0.2) is 0 Å². The van der Waals surface area contributed by atoms with Gasteiger partial charge in [0.25, 0.3) is 0 Å². The van der Waals surface area contributed by atoms with Crippen molar-refractivity contribution < 1.29 is 0 Å². The van der Waals surface area contributed by atoms with Crippen LogP contribution in [0.15, 0.2) is 30.3 Å². The maximum Gasteiger partial charge on any atom is 0.0234 e. The van der Waals surface area contributed by atoms with Crippen LogP contribution in [0.3, 0.4) is 0 Å². The van der Waals surface area contributed by atoms with Gasteiger partial charge in [-0.05, 0) is 36.2 Å². The third-order valence-electron chi connectivity index (χ3n) is 4.07. The van der Waals surface area contributed by atoms with Gasteiger partial charge in [0, 0.05) is 19.6 Å². The molecule has 1 aliphatic carbocycles. The second kappa shape index (κ2) is 5.88. The van der Waals surface area contributed by atoms with E-state index in [2.05, 4.69) is 56.0 Å². The number of benzene rings is 1. The van der Waals surface area contributed by atoms with Crippen LogP contribution in [0.5, 0.6) is 0 Å². The summed E-state index contributed by atoms with van der Waals surface area (Å²) in [6.45, 7) is 10.7. The lowest BCUT2D eigenvalue weighted by molar-refractivity contribution is 0.160. The quantitative estimate of drug-likeness (QED) is 0.691. The average molecular weight is 245 g/mol. The summed E-state index contributed by atoms with van der Waals surface area (Å²) in [5.74, 6) is 0.973. The number of rotatable bonds is 7. The molecule has 0 radical (unpaired) electrons. The molecule has 0 aromatic heterocycles. The van der Waals surface area contributed by atoms with Crippen LogP contribution in [0.2, 0.25) is 0 Å². The van der Waals surface area contributed by atoms with Crippen LogP contribution in [-0.4, -0.2) is 18.0 Å². The van der Waals surface area contributed by atoms with Crippen molar-refractivity contribution in [2.75, 3.05) is 13.1 Å². The number of nitrogens with zero attached hydrogens (tertiary/aromatic N) is 1. The Morgan fingerprint density at radius 3 is 2.39 bits per heavy atom. The lowest BCUT2D eigenvalue weighted by Gasteiger charge is -2.32. The fraction of sp³-hybridized carbons (Fsp3) is 0.647. The normalized spacial score (nSPS) is 16.2. The SMILES string of the molecule is CCC(C)(C)CN(Cc1ccccc1)CC1CC1. The summed E-state index contributed by atoms with van der Waals surface area (Å²) in [7, 11) is 0. The smallest absolute Gasteiger partial charge is 0.0234 e. The first kappa shape index (κ1) is 13.6. The van der Waals surface area contributed by atoms with Gasteiger partial charge < -0.3 is 0 Å². The van der Waals surface area contributed by atoms with Gasteiger partial charge >= 0.3 is 0 Å². The Morgan fingerprint density at radius 2 is 1.83 bits per heavy atom. The van der Waals surface area contributed by atoms with Crippen molar-refractivity contribution in [2.24, 2.45) is 11.3 Å². The Morgan fingerprint density at radius 1 is 1.17 bits per heavy atom. The second-order valence-corrected chi connectivity index (χ2v) is 6.62. The second-order valence-electron chi connectivity index (χ2n) is 6.62. The molecule has 1 heteroatoms. The molecular formula is C17H27N. The Kier molecular flexibility index (Phi) is 4.45. The molecule has 1 saturated carbocycles. The summed E-state index contributed by atoms with van der Waals surface area (Å²) in [4.78, 5) is 2.66. The lowest BCUT2D eigenvalue weighted by atomic mass is 9.89. The van der Waals surface area contributed by atoms with Crippen molar-refractivity contribution >= 4 is 0 Å². The maximum absolute atomic E-state index is 2.66. The zero-order valence-corrected chi connectivity index (χ0v) is 12.2. The maximum atomic E-state index is 2.66. The molecule has 2 rings (SSSR count). The molecule has 1 aliphatic rings. The first-order valence-electron chi connectivity index (χ1n) is 7.35.